The number of fused-ring (bicyclic) bond motifs is 4. The molecule has 1 aromatic heterocycles. The third kappa shape index (κ3) is 3.40. The normalized spacial score (nSPS) is 16.7. The van der Waals surface area contributed by atoms with Gasteiger partial charge in [-0.25, -0.2) is 4.79 Å². The quantitative estimate of drug-likeness (QED) is 0.645. The van der Waals surface area contributed by atoms with Gasteiger partial charge in [-0.1, -0.05) is 67.6 Å². The van der Waals surface area contributed by atoms with Crippen molar-refractivity contribution in [2.24, 2.45) is 0 Å². The van der Waals surface area contributed by atoms with Crippen LogP contribution in [-0.2, 0) is 11.8 Å². The Morgan fingerprint density at radius 2 is 1.66 bits per heavy atom. The molecule has 5 rings (SSSR count). The number of amides is 1. The van der Waals surface area contributed by atoms with Crippen molar-refractivity contribution >= 4 is 5.91 Å². The van der Waals surface area contributed by atoms with Gasteiger partial charge in [0.25, 0.3) is 11.5 Å². The second-order valence-electron chi connectivity index (χ2n) is 9.16. The number of rotatable bonds is 2. The van der Waals surface area contributed by atoms with E-state index in [0.29, 0.717) is 16.8 Å². The van der Waals surface area contributed by atoms with Gasteiger partial charge < -0.3 is 4.98 Å². The minimum Gasteiger partial charge on any atom is -0.305 e. The summed E-state index contributed by atoms with van der Waals surface area (Å²) in [6.07, 6.45) is 7.00. The molecule has 2 aliphatic carbocycles. The Kier molecular flexibility index (Phi) is 5.08. The molecule has 2 aliphatic rings. The average Bonchev–Trinajstić information content (AvgIpc) is 3.02. The summed E-state index contributed by atoms with van der Waals surface area (Å²) in [5, 5.41) is 0. The molecule has 2 aromatic carbocycles. The molecule has 2 N–H and O–H groups in total. The van der Waals surface area contributed by atoms with Crippen molar-refractivity contribution in [3.05, 3.63) is 91.6 Å². The first-order chi connectivity index (χ1) is 15.5. The Morgan fingerprint density at radius 3 is 2.38 bits per heavy atom. The number of H-pyrrole nitrogens is 1. The standard InChI is InChI=1S/C26H27N3O3/c1-17-10-12-18(13-11-17)23(30)28-29-24(31)21-22(27-25(29)32)20-9-5-4-8-19(20)16-26(21)14-6-2-3-7-15-26/h4-5,8-13H,2-3,6-7,14-16H2,1H3,(H,27,32)(H,28,30). The van der Waals surface area contributed by atoms with Gasteiger partial charge in [0.2, 0.25) is 0 Å². The number of nitrogens with zero attached hydrogens (tertiary/aromatic N) is 1. The van der Waals surface area contributed by atoms with E-state index in [1.807, 2.05) is 37.3 Å². The van der Waals surface area contributed by atoms with Crippen LogP contribution in [-0.4, -0.2) is 15.6 Å². The van der Waals surface area contributed by atoms with E-state index in [-0.39, 0.29) is 5.41 Å². The fraction of sp³-hybridized carbons (Fsp3) is 0.346. The number of aryl methyl sites for hydroxylation is 1. The van der Waals surface area contributed by atoms with Gasteiger partial charge >= 0.3 is 5.69 Å². The van der Waals surface area contributed by atoms with Crippen LogP contribution in [0.4, 0.5) is 0 Å². The summed E-state index contributed by atoms with van der Waals surface area (Å²) in [5.41, 5.74) is 5.93. The Bertz CT molecular complexity index is 1290. The first-order valence-corrected chi connectivity index (χ1v) is 11.3. The molecule has 3 aromatic rings. The summed E-state index contributed by atoms with van der Waals surface area (Å²) in [7, 11) is 0. The monoisotopic (exact) mass is 429 g/mol. The molecule has 6 heteroatoms. The van der Waals surface area contributed by atoms with E-state index in [9.17, 15) is 14.4 Å². The van der Waals surface area contributed by atoms with Gasteiger partial charge in [0, 0.05) is 16.5 Å². The second-order valence-corrected chi connectivity index (χ2v) is 9.16. The van der Waals surface area contributed by atoms with Gasteiger partial charge in [-0.15, -0.1) is 0 Å². The van der Waals surface area contributed by atoms with Crippen LogP contribution in [0.1, 0.15) is 65.6 Å². The molecular weight excluding hydrogens is 402 g/mol. The Balaban J connectivity index is 1.66. The van der Waals surface area contributed by atoms with Crippen LogP contribution in [0.25, 0.3) is 11.3 Å². The molecule has 164 valence electrons. The van der Waals surface area contributed by atoms with Crippen molar-refractivity contribution in [3.63, 3.8) is 0 Å². The van der Waals surface area contributed by atoms with Gasteiger partial charge in [-0.05, 0) is 43.9 Å². The van der Waals surface area contributed by atoms with Gasteiger partial charge in [0.15, 0.2) is 0 Å². The lowest BCUT2D eigenvalue weighted by Crippen LogP contribution is -2.50. The van der Waals surface area contributed by atoms with Crippen molar-refractivity contribution in [2.45, 2.75) is 57.3 Å². The second kappa shape index (κ2) is 7.93. The summed E-state index contributed by atoms with van der Waals surface area (Å²) >= 11 is 0. The molecule has 0 saturated heterocycles. The van der Waals surface area contributed by atoms with Crippen molar-refractivity contribution in [1.29, 1.82) is 0 Å². The number of benzene rings is 2. The van der Waals surface area contributed by atoms with E-state index in [0.717, 1.165) is 60.7 Å². The van der Waals surface area contributed by atoms with Gasteiger partial charge in [0.05, 0.1) is 11.3 Å². The molecule has 6 nitrogen and oxygen atoms in total. The molecule has 1 saturated carbocycles. The molecule has 32 heavy (non-hydrogen) atoms. The van der Waals surface area contributed by atoms with E-state index < -0.39 is 17.2 Å². The highest BCUT2D eigenvalue weighted by molar-refractivity contribution is 5.99. The van der Waals surface area contributed by atoms with Crippen LogP contribution < -0.4 is 16.7 Å². The fourth-order valence-electron chi connectivity index (χ4n) is 5.41. The largest absolute Gasteiger partial charge is 0.348 e. The van der Waals surface area contributed by atoms with Crippen LogP contribution in [0.2, 0.25) is 0 Å². The molecule has 0 unspecified atom stereocenters. The minimum absolute atomic E-state index is 0.322. The zero-order chi connectivity index (χ0) is 22.3. The SMILES string of the molecule is Cc1ccc(C(=O)Nn2c(=O)[nH]c3c(c2=O)C2(CCCCCC2)Cc2ccccc2-3)cc1. The van der Waals surface area contributed by atoms with E-state index in [4.69, 9.17) is 0 Å². The molecule has 1 amide bonds. The van der Waals surface area contributed by atoms with Crippen LogP contribution >= 0.6 is 0 Å². The molecule has 0 aliphatic heterocycles. The number of aromatic amines is 1. The maximum atomic E-state index is 13.8. The van der Waals surface area contributed by atoms with E-state index in [2.05, 4.69) is 16.5 Å². The third-order valence-corrected chi connectivity index (χ3v) is 7.04. The Hall–Kier alpha value is -3.41. The predicted octanol–water partition coefficient (Wildman–Crippen LogP) is 4.04. The van der Waals surface area contributed by atoms with Gasteiger partial charge in [-0.3, -0.25) is 15.0 Å². The molecule has 1 spiro atoms. The zero-order valence-corrected chi connectivity index (χ0v) is 18.2. The number of carbonyl (C=O) groups excluding carboxylic acids is 1. The molecule has 0 atom stereocenters. The maximum absolute atomic E-state index is 13.8. The minimum atomic E-state index is -0.630. The molecule has 1 fully saturated rings. The summed E-state index contributed by atoms with van der Waals surface area (Å²) < 4.78 is 0.863. The zero-order valence-electron chi connectivity index (χ0n) is 18.2. The number of hydrogen-bond acceptors (Lipinski definition) is 3. The lowest BCUT2D eigenvalue weighted by Gasteiger charge is -2.38. The summed E-state index contributed by atoms with van der Waals surface area (Å²) in [6, 6.07) is 15.0. The Morgan fingerprint density at radius 1 is 0.969 bits per heavy atom. The Labute approximate surface area is 186 Å². The van der Waals surface area contributed by atoms with E-state index in [1.54, 1.807) is 12.1 Å². The lowest BCUT2D eigenvalue weighted by molar-refractivity contribution is 0.101. The fourth-order valence-corrected chi connectivity index (χ4v) is 5.41. The highest BCUT2D eigenvalue weighted by Gasteiger charge is 2.42. The first-order valence-electron chi connectivity index (χ1n) is 11.3. The van der Waals surface area contributed by atoms with Crippen LogP contribution in [0.15, 0.2) is 58.1 Å². The van der Waals surface area contributed by atoms with Crippen LogP contribution in [0.3, 0.4) is 0 Å². The van der Waals surface area contributed by atoms with Crippen molar-refractivity contribution < 1.29 is 4.79 Å². The van der Waals surface area contributed by atoms with Crippen LogP contribution in [0.5, 0.6) is 0 Å². The highest BCUT2D eigenvalue weighted by atomic mass is 16.2. The summed E-state index contributed by atoms with van der Waals surface area (Å²) in [5.74, 6) is -0.483. The smallest absolute Gasteiger partial charge is 0.305 e. The van der Waals surface area contributed by atoms with E-state index in [1.165, 1.54) is 5.56 Å². The van der Waals surface area contributed by atoms with Gasteiger partial charge in [-0.2, -0.15) is 4.68 Å². The van der Waals surface area contributed by atoms with Crippen molar-refractivity contribution in [3.8, 4) is 11.3 Å². The summed E-state index contributed by atoms with van der Waals surface area (Å²) in [6.45, 7) is 1.93. The number of hydrogen-bond donors (Lipinski definition) is 2. The molecule has 0 bridgehead atoms. The topological polar surface area (TPSA) is 84.0 Å². The van der Waals surface area contributed by atoms with Crippen molar-refractivity contribution in [1.82, 2.24) is 9.66 Å². The van der Waals surface area contributed by atoms with Crippen molar-refractivity contribution in [2.75, 3.05) is 5.43 Å². The number of carbonyl (C=O) groups is 1. The number of aromatic nitrogens is 2. The highest BCUT2D eigenvalue weighted by Crippen LogP contribution is 2.47. The average molecular weight is 430 g/mol. The first kappa shape index (κ1) is 20.5. The van der Waals surface area contributed by atoms with Gasteiger partial charge in [0.1, 0.15) is 0 Å². The molecular formula is C26H27N3O3. The predicted molar refractivity (Wildman–Crippen MR) is 125 cm³/mol. The van der Waals surface area contributed by atoms with E-state index >= 15 is 0 Å². The number of nitrogens with one attached hydrogen (secondary N) is 2. The molecule has 1 heterocycles. The third-order valence-electron chi connectivity index (χ3n) is 7.04. The van der Waals surface area contributed by atoms with Crippen LogP contribution in [0, 0.1) is 6.92 Å². The summed E-state index contributed by atoms with van der Waals surface area (Å²) in [4.78, 5) is 42.5. The lowest BCUT2D eigenvalue weighted by atomic mass is 9.65. The molecule has 0 radical (unpaired) electrons. The maximum Gasteiger partial charge on any atom is 0.348 e.